The van der Waals surface area contributed by atoms with E-state index in [2.05, 4.69) is 58.4 Å². The third kappa shape index (κ3) is 3.48. The number of amides is 1. The maximum atomic E-state index is 13.4. The molecule has 4 aromatic rings. The predicted octanol–water partition coefficient (Wildman–Crippen LogP) is 5.65. The number of aromatic nitrogens is 1. The van der Waals surface area contributed by atoms with Gasteiger partial charge in [-0.15, -0.1) is 11.3 Å². The lowest BCUT2D eigenvalue weighted by atomic mass is 10.0. The number of nitrogens with zero attached hydrogens (tertiary/aromatic N) is 3. The van der Waals surface area contributed by atoms with E-state index in [1.165, 1.54) is 33.6 Å². The molecule has 0 spiro atoms. The van der Waals surface area contributed by atoms with Crippen molar-refractivity contribution in [2.45, 2.75) is 13.0 Å². The minimum atomic E-state index is 0.110. The summed E-state index contributed by atoms with van der Waals surface area (Å²) >= 11 is 1.51. The van der Waals surface area contributed by atoms with Gasteiger partial charge in [0.2, 0.25) is 0 Å². The van der Waals surface area contributed by atoms with Crippen molar-refractivity contribution in [1.82, 2.24) is 14.8 Å². The number of fused-ring (bicyclic) bond motifs is 3. The van der Waals surface area contributed by atoms with E-state index in [1.54, 1.807) is 0 Å². The minimum absolute atomic E-state index is 0.110. The van der Waals surface area contributed by atoms with E-state index < -0.39 is 0 Å². The molecule has 0 unspecified atom stereocenters. The standard InChI is InChI=1S/C28H25N3OS/c1-19-26(33-27(29-19)20-9-3-2-4-10-20)28(32)31-17-15-30(16-18-31)25-23-13-7-5-11-21(23)22-12-6-8-14-24(22)25/h2-14,25H,15-18H2,1H3. The van der Waals surface area contributed by atoms with Gasteiger partial charge in [-0.05, 0) is 29.2 Å². The van der Waals surface area contributed by atoms with Crippen LogP contribution in [0.1, 0.15) is 32.5 Å². The fourth-order valence-corrected chi connectivity index (χ4v) is 6.19. The molecule has 1 aliphatic carbocycles. The van der Waals surface area contributed by atoms with Crippen LogP contribution >= 0.6 is 11.3 Å². The Morgan fingerprint density at radius 3 is 2.03 bits per heavy atom. The first-order chi connectivity index (χ1) is 16.2. The van der Waals surface area contributed by atoms with E-state index >= 15 is 0 Å². The number of benzene rings is 3. The van der Waals surface area contributed by atoms with Gasteiger partial charge in [-0.2, -0.15) is 0 Å². The summed E-state index contributed by atoms with van der Waals surface area (Å²) < 4.78 is 0. The van der Waals surface area contributed by atoms with Gasteiger partial charge in [-0.1, -0.05) is 78.9 Å². The maximum absolute atomic E-state index is 13.4. The van der Waals surface area contributed by atoms with Crippen LogP contribution in [0.2, 0.25) is 0 Å². The third-order valence-corrected chi connectivity index (χ3v) is 7.97. The molecule has 1 saturated heterocycles. The molecule has 1 aliphatic heterocycles. The molecular weight excluding hydrogens is 426 g/mol. The molecule has 1 fully saturated rings. The summed E-state index contributed by atoms with van der Waals surface area (Å²) in [6, 6.07) is 27.8. The first-order valence-electron chi connectivity index (χ1n) is 11.4. The predicted molar refractivity (Wildman–Crippen MR) is 133 cm³/mol. The van der Waals surface area contributed by atoms with Crippen LogP contribution in [0.15, 0.2) is 78.9 Å². The molecule has 33 heavy (non-hydrogen) atoms. The average molecular weight is 452 g/mol. The summed E-state index contributed by atoms with van der Waals surface area (Å²) in [4.78, 5) is 23.3. The zero-order chi connectivity index (χ0) is 22.4. The van der Waals surface area contributed by atoms with Crippen molar-refractivity contribution in [2.24, 2.45) is 0 Å². The van der Waals surface area contributed by atoms with Crippen LogP contribution in [0.3, 0.4) is 0 Å². The Bertz CT molecular complexity index is 1280. The van der Waals surface area contributed by atoms with E-state index in [0.717, 1.165) is 47.3 Å². The highest BCUT2D eigenvalue weighted by Gasteiger charge is 2.35. The van der Waals surface area contributed by atoms with Gasteiger partial charge in [-0.3, -0.25) is 9.69 Å². The van der Waals surface area contributed by atoms with Crippen molar-refractivity contribution in [2.75, 3.05) is 26.2 Å². The quantitative estimate of drug-likeness (QED) is 0.404. The van der Waals surface area contributed by atoms with E-state index in [0.29, 0.717) is 0 Å². The van der Waals surface area contributed by atoms with Gasteiger partial charge in [-0.25, -0.2) is 4.98 Å². The number of hydrogen-bond acceptors (Lipinski definition) is 4. The van der Waals surface area contributed by atoms with E-state index in [-0.39, 0.29) is 11.9 Å². The van der Waals surface area contributed by atoms with E-state index in [9.17, 15) is 4.79 Å². The lowest BCUT2D eigenvalue weighted by Crippen LogP contribution is -2.49. The van der Waals surface area contributed by atoms with Crippen LogP contribution in [0.5, 0.6) is 0 Å². The molecule has 2 heterocycles. The number of piperazine rings is 1. The summed E-state index contributed by atoms with van der Waals surface area (Å²) in [6.45, 7) is 5.14. The number of rotatable bonds is 3. The molecule has 5 heteroatoms. The number of hydrogen-bond donors (Lipinski definition) is 0. The van der Waals surface area contributed by atoms with E-state index in [1.807, 2.05) is 42.2 Å². The van der Waals surface area contributed by atoms with Gasteiger partial charge in [0.05, 0.1) is 11.7 Å². The summed E-state index contributed by atoms with van der Waals surface area (Å²) in [7, 11) is 0. The lowest BCUT2D eigenvalue weighted by Gasteiger charge is -2.38. The summed E-state index contributed by atoms with van der Waals surface area (Å²) in [6.07, 6.45) is 0. The van der Waals surface area contributed by atoms with Crippen LogP contribution in [0.4, 0.5) is 0 Å². The monoisotopic (exact) mass is 451 g/mol. The van der Waals surface area contributed by atoms with Gasteiger partial charge in [0, 0.05) is 31.7 Å². The summed E-state index contributed by atoms with van der Waals surface area (Å²) in [5.74, 6) is 0.110. The summed E-state index contributed by atoms with van der Waals surface area (Å²) in [5, 5.41) is 0.911. The van der Waals surface area contributed by atoms with Crippen LogP contribution < -0.4 is 0 Å². The Morgan fingerprint density at radius 1 is 0.818 bits per heavy atom. The maximum Gasteiger partial charge on any atom is 0.265 e. The summed E-state index contributed by atoms with van der Waals surface area (Å²) in [5.41, 5.74) is 7.32. The molecule has 6 rings (SSSR count). The molecule has 164 valence electrons. The highest BCUT2D eigenvalue weighted by molar-refractivity contribution is 7.17. The Hall–Kier alpha value is -3.28. The Labute approximate surface area is 198 Å². The molecule has 1 amide bonds. The van der Waals surface area contributed by atoms with E-state index in [4.69, 9.17) is 0 Å². The molecule has 0 atom stereocenters. The van der Waals surface area contributed by atoms with Crippen molar-refractivity contribution < 1.29 is 4.79 Å². The number of thiazole rings is 1. The molecule has 0 N–H and O–H groups in total. The minimum Gasteiger partial charge on any atom is -0.335 e. The fourth-order valence-electron chi connectivity index (χ4n) is 5.15. The van der Waals surface area contributed by atoms with Crippen molar-refractivity contribution in [3.63, 3.8) is 0 Å². The first kappa shape index (κ1) is 20.3. The molecular formula is C28H25N3OS. The normalized spacial score (nSPS) is 16.0. The second kappa shape index (κ2) is 8.25. The molecule has 4 nitrogen and oxygen atoms in total. The topological polar surface area (TPSA) is 36.4 Å². The third-order valence-electron chi connectivity index (χ3n) is 6.78. The number of carbonyl (C=O) groups is 1. The lowest BCUT2D eigenvalue weighted by molar-refractivity contribution is 0.0603. The zero-order valence-corrected chi connectivity index (χ0v) is 19.4. The van der Waals surface area contributed by atoms with Gasteiger partial charge in [0.15, 0.2) is 0 Å². The molecule has 0 radical (unpaired) electrons. The van der Waals surface area contributed by atoms with Crippen molar-refractivity contribution >= 4 is 17.2 Å². The second-order valence-corrected chi connectivity index (χ2v) is 9.70. The number of aryl methyl sites for hydroxylation is 1. The highest BCUT2D eigenvalue weighted by atomic mass is 32.1. The first-order valence-corrected chi connectivity index (χ1v) is 12.3. The van der Waals surface area contributed by atoms with Gasteiger partial charge in [0.1, 0.15) is 9.88 Å². The largest absolute Gasteiger partial charge is 0.335 e. The van der Waals surface area contributed by atoms with Crippen LogP contribution in [0, 0.1) is 6.92 Å². The molecule has 3 aromatic carbocycles. The average Bonchev–Trinajstić information content (AvgIpc) is 3.42. The zero-order valence-electron chi connectivity index (χ0n) is 18.6. The highest BCUT2D eigenvalue weighted by Crippen LogP contribution is 2.46. The molecule has 2 aliphatic rings. The molecule has 0 saturated carbocycles. The second-order valence-electron chi connectivity index (χ2n) is 8.70. The van der Waals surface area contributed by atoms with Crippen LogP contribution in [-0.2, 0) is 0 Å². The SMILES string of the molecule is Cc1nc(-c2ccccc2)sc1C(=O)N1CCN(C2c3ccccc3-c3ccccc32)CC1. The Kier molecular flexibility index (Phi) is 5.08. The van der Waals surface area contributed by atoms with Gasteiger partial charge >= 0.3 is 0 Å². The van der Waals surface area contributed by atoms with Crippen molar-refractivity contribution in [3.8, 4) is 21.7 Å². The van der Waals surface area contributed by atoms with Gasteiger partial charge < -0.3 is 4.90 Å². The fraction of sp³-hybridized carbons (Fsp3) is 0.214. The van der Waals surface area contributed by atoms with Crippen LogP contribution in [0.25, 0.3) is 21.7 Å². The Morgan fingerprint density at radius 2 is 1.39 bits per heavy atom. The molecule has 0 bridgehead atoms. The van der Waals surface area contributed by atoms with Gasteiger partial charge in [0.25, 0.3) is 5.91 Å². The Balaban J connectivity index is 1.21. The van der Waals surface area contributed by atoms with Crippen molar-refractivity contribution in [1.29, 1.82) is 0 Å². The van der Waals surface area contributed by atoms with Crippen LogP contribution in [-0.4, -0.2) is 46.9 Å². The molecule has 1 aromatic heterocycles. The van der Waals surface area contributed by atoms with Crippen molar-refractivity contribution in [3.05, 3.63) is 101 Å². The smallest absolute Gasteiger partial charge is 0.265 e. The number of carbonyl (C=O) groups excluding carboxylic acids is 1.